The maximum Gasteiger partial charge on any atom is 0.255 e. The number of carbonyl (C=O) groups is 2. The van der Waals surface area contributed by atoms with Crippen molar-refractivity contribution in [2.75, 3.05) is 10.6 Å². The van der Waals surface area contributed by atoms with E-state index in [4.69, 9.17) is 0 Å². The van der Waals surface area contributed by atoms with Gasteiger partial charge in [-0.05, 0) is 61.4 Å². The molecule has 6 heteroatoms. The lowest BCUT2D eigenvalue weighted by Gasteiger charge is -2.08. The average molecular weight is 376 g/mol. The Bertz CT molecular complexity index is 1000. The Hall–Kier alpha value is -3.41. The molecular formula is C22H24N4O2. The van der Waals surface area contributed by atoms with Crippen LogP contribution in [-0.2, 0) is 4.79 Å². The summed E-state index contributed by atoms with van der Waals surface area (Å²) in [6, 6.07) is 13.0. The number of nitrogens with one attached hydrogen (secondary N) is 2. The zero-order valence-electron chi connectivity index (χ0n) is 16.5. The predicted octanol–water partition coefficient (Wildman–Crippen LogP) is 4.34. The number of rotatable bonds is 5. The first-order valence-electron chi connectivity index (χ1n) is 9.17. The van der Waals surface area contributed by atoms with E-state index in [1.54, 1.807) is 29.2 Å². The van der Waals surface area contributed by atoms with Gasteiger partial charge in [0.15, 0.2) is 5.82 Å². The highest BCUT2D eigenvalue weighted by atomic mass is 16.2. The van der Waals surface area contributed by atoms with Crippen LogP contribution in [0.5, 0.6) is 0 Å². The van der Waals surface area contributed by atoms with Crippen molar-refractivity contribution in [3.8, 4) is 5.69 Å². The van der Waals surface area contributed by atoms with Crippen molar-refractivity contribution in [3.05, 3.63) is 71.7 Å². The molecule has 0 unspecified atom stereocenters. The minimum Gasteiger partial charge on any atom is -0.322 e. The van der Waals surface area contributed by atoms with Crippen molar-refractivity contribution in [1.29, 1.82) is 0 Å². The Morgan fingerprint density at radius 2 is 1.68 bits per heavy atom. The number of aryl methyl sites for hydroxylation is 2. The summed E-state index contributed by atoms with van der Waals surface area (Å²) in [5, 5.41) is 5.68. The molecule has 0 aliphatic carbocycles. The molecule has 0 atom stereocenters. The molecule has 0 spiro atoms. The summed E-state index contributed by atoms with van der Waals surface area (Å²) < 4.78 is 1.79. The normalized spacial score (nSPS) is 10.8. The molecule has 1 heterocycles. The van der Waals surface area contributed by atoms with Crippen LogP contribution in [0.25, 0.3) is 5.69 Å². The topological polar surface area (TPSA) is 76.0 Å². The van der Waals surface area contributed by atoms with Crippen molar-refractivity contribution in [2.45, 2.75) is 27.7 Å². The van der Waals surface area contributed by atoms with Crippen LogP contribution in [0, 0.1) is 19.8 Å². The van der Waals surface area contributed by atoms with Gasteiger partial charge in [0.05, 0.1) is 6.20 Å². The number of nitrogens with zero attached hydrogens (tertiary/aromatic N) is 2. The largest absolute Gasteiger partial charge is 0.322 e. The maximum absolute atomic E-state index is 12.5. The van der Waals surface area contributed by atoms with E-state index < -0.39 is 0 Å². The third-order valence-corrected chi connectivity index (χ3v) is 4.55. The first-order valence-corrected chi connectivity index (χ1v) is 9.17. The van der Waals surface area contributed by atoms with E-state index in [1.807, 2.05) is 58.0 Å². The second-order valence-corrected chi connectivity index (χ2v) is 7.11. The zero-order valence-corrected chi connectivity index (χ0v) is 16.5. The molecule has 144 valence electrons. The number of amides is 2. The monoisotopic (exact) mass is 376 g/mol. The van der Waals surface area contributed by atoms with Crippen LogP contribution in [0.4, 0.5) is 11.5 Å². The van der Waals surface area contributed by atoms with Crippen LogP contribution in [0.15, 0.2) is 55.0 Å². The maximum atomic E-state index is 12.5. The van der Waals surface area contributed by atoms with Crippen LogP contribution in [0.1, 0.15) is 35.3 Å². The molecule has 3 rings (SSSR count). The average Bonchev–Trinajstić information content (AvgIpc) is 3.13. The molecule has 0 aliphatic heterocycles. The van der Waals surface area contributed by atoms with Crippen LogP contribution in [-0.4, -0.2) is 21.4 Å². The third kappa shape index (κ3) is 4.46. The van der Waals surface area contributed by atoms with Gasteiger partial charge in [0, 0.05) is 22.9 Å². The van der Waals surface area contributed by atoms with E-state index in [9.17, 15) is 9.59 Å². The van der Waals surface area contributed by atoms with Crippen molar-refractivity contribution in [3.63, 3.8) is 0 Å². The Morgan fingerprint density at radius 3 is 2.32 bits per heavy atom. The summed E-state index contributed by atoms with van der Waals surface area (Å²) in [5.41, 5.74) is 4.51. The molecule has 2 N–H and O–H groups in total. The molecule has 28 heavy (non-hydrogen) atoms. The fourth-order valence-electron chi connectivity index (χ4n) is 2.61. The van der Waals surface area contributed by atoms with Gasteiger partial charge in [-0.15, -0.1) is 0 Å². The smallest absolute Gasteiger partial charge is 0.255 e. The van der Waals surface area contributed by atoms with Gasteiger partial charge >= 0.3 is 0 Å². The summed E-state index contributed by atoms with van der Waals surface area (Å²) in [6.45, 7) is 7.71. The van der Waals surface area contributed by atoms with Gasteiger partial charge in [0.2, 0.25) is 5.91 Å². The van der Waals surface area contributed by atoms with Gasteiger partial charge in [0.1, 0.15) is 6.33 Å². The highest BCUT2D eigenvalue weighted by molar-refractivity contribution is 6.04. The van der Waals surface area contributed by atoms with Crippen molar-refractivity contribution < 1.29 is 9.59 Å². The molecule has 0 fully saturated rings. The standard InChI is InChI=1S/C22H24N4O2/c1-14(2)21(27)25-20-12-26(13-23-20)19-9-6-17(7-10-19)22(28)24-18-8-5-15(3)16(4)11-18/h5-14H,1-4H3,(H,24,28)(H,25,27). The molecule has 0 radical (unpaired) electrons. The van der Waals surface area contributed by atoms with Crippen LogP contribution in [0.3, 0.4) is 0 Å². The van der Waals surface area contributed by atoms with Crippen molar-refractivity contribution >= 4 is 23.3 Å². The van der Waals surface area contributed by atoms with Crippen molar-refractivity contribution in [2.24, 2.45) is 5.92 Å². The van der Waals surface area contributed by atoms with E-state index in [0.29, 0.717) is 11.4 Å². The number of benzene rings is 2. The molecule has 0 saturated heterocycles. The SMILES string of the molecule is Cc1ccc(NC(=O)c2ccc(-n3cnc(NC(=O)C(C)C)c3)cc2)cc1C. The molecule has 0 saturated carbocycles. The van der Waals surface area contributed by atoms with Gasteiger partial charge in [-0.3, -0.25) is 9.59 Å². The quantitative estimate of drug-likeness (QED) is 0.696. The first-order chi connectivity index (χ1) is 13.3. The zero-order chi connectivity index (χ0) is 20.3. The molecule has 0 bridgehead atoms. The highest BCUT2D eigenvalue weighted by Crippen LogP contribution is 2.17. The molecular weight excluding hydrogens is 352 g/mol. The number of aromatic nitrogens is 2. The van der Waals surface area contributed by atoms with E-state index in [1.165, 1.54) is 5.56 Å². The minimum atomic E-state index is -0.162. The van der Waals surface area contributed by atoms with E-state index in [2.05, 4.69) is 15.6 Å². The number of hydrogen-bond donors (Lipinski definition) is 2. The predicted molar refractivity (Wildman–Crippen MR) is 111 cm³/mol. The summed E-state index contributed by atoms with van der Waals surface area (Å²) >= 11 is 0. The number of hydrogen-bond acceptors (Lipinski definition) is 3. The lowest BCUT2D eigenvalue weighted by atomic mass is 10.1. The highest BCUT2D eigenvalue weighted by Gasteiger charge is 2.10. The van der Waals surface area contributed by atoms with Gasteiger partial charge in [-0.25, -0.2) is 4.98 Å². The Labute approximate surface area is 164 Å². The fraction of sp³-hybridized carbons (Fsp3) is 0.227. The third-order valence-electron chi connectivity index (χ3n) is 4.55. The molecule has 2 amide bonds. The molecule has 6 nitrogen and oxygen atoms in total. The lowest BCUT2D eigenvalue weighted by Crippen LogP contribution is -2.17. The Balaban J connectivity index is 1.69. The number of carbonyl (C=O) groups excluding carboxylic acids is 2. The van der Waals surface area contributed by atoms with Gasteiger partial charge in [-0.1, -0.05) is 19.9 Å². The van der Waals surface area contributed by atoms with E-state index in [-0.39, 0.29) is 17.7 Å². The fourth-order valence-corrected chi connectivity index (χ4v) is 2.61. The van der Waals surface area contributed by atoms with Gasteiger partial charge < -0.3 is 15.2 Å². The second-order valence-electron chi connectivity index (χ2n) is 7.11. The summed E-state index contributed by atoms with van der Waals surface area (Å²) in [6.07, 6.45) is 3.37. The lowest BCUT2D eigenvalue weighted by molar-refractivity contribution is -0.118. The molecule has 3 aromatic rings. The van der Waals surface area contributed by atoms with Crippen LogP contribution < -0.4 is 10.6 Å². The number of imidazole rings is 1. The molecule has 1 aromatic heterocycles. The summed E-state index contributed by atoms with van der Waals surface area (Å²) in [5.74, 6) is 0.143. The second kappa shape index (κ2) is 8.08. The van der Waals surface area contributed by atoms with Crippen LogP contribution in [0.2, 0.25) is 0 Å². The summed E-state index contributed by atoms with van der Waals surface area (Å²) in [7, 11) is 0. The minimum absolute atomic E-state index is 0.0800. The Kier molecular flexibility index (Phi) is 5.59. The van der Waals surface area contributed by atoms with E-state index >= 15 is 0 Å². The summed E-state index contributed by atoms with van der Waals surface area (Å²) in [4.78, 5) is 28.4. The van der Waals surface area contributed by atoms with Gasteiger partial charge in [0.25, 0.3) is 5.91 Å². The molecule has 0 aliphatic rings. The van der Waals surface area contributed by atoms with Crippen LogP contribution >= 0.6 is 0 Å². The van der Waals surface area contributed by atoms with Gasteiger partial charge in [-0.2, -0.15) is 0 Å². The van der Waals surface area contributed by atoms with E-state index in [0.717, 1.165) is 16.9 Å². The first kappa shape index (κ1) is 19.4. The number of anilines is 2. The Morgan fingerprint density at radius 1 is 0.964 bits per heavy atom. The van der Waals surface area contributed by atoms with Crippen molar-refractivity contribution in [1.82, 2.24) is 9.55 Å². The molecule has 2 aromatic carbocycles.